The summed E-state index contributed by atoms with van der Waals surface area (Å²) < 4.78 is 16.6. The molecule has 0 radical (unpaired) electrons. The maximum Gasteiger partial charge on any atom is 0.250 e. The number of benzene rings is 1. The van der Waals surface area contributed by atoms with Crippen LogP contribution in [0.4, 0.5) is 0 Å². The highest BCUT2D eigenvalue weighted by Crippen LogP contribution is 2.13. The van der Waals surface area contributed by atoms with E-state index in [9.17, 15) is 4.79 Å². The molecule has 3 rings (SSSR count). The third-order valence-electron chi connectivity index (χ3n) is 4.37. The molecule has 2 aliphatic heterocycles. The van der Waals surface area contributed by atoms with E-state index in [2.05, 4.69) is 15.5 Å². The zero-order valence-corrected chi connectivity index (χ0v) is 14.5. The highest BCUT2D eigenvalue weighted by molar-refractivity contribution is 5.81. The van der Waals surface area contributed by atoms with Crippen molar-refractivity contribution in [3.8, 4) is 5.75 Å². The summed E-state index contributed by atoms with van der Waals surface area (Å²) in [4.78, 5) is 14.4. The Morgan fingerprint density at radius 1 is 1.32 bits per heavy atom. The highest BCUT2D eigenvalue weighted by Gasteiger charge is 2.21. The number of ether oxygens (including phenoxy) is 3. The van der Waals surface area contributed by atoms with Crippen molar-refractivity contribution in [2.75, 3.05) is 59.2 Å². The van der Waals surface area contributed by atoms with Gasteiger partial charge in [-0.15, -0.1) is 0 Å². The number of nitrogens with one attached hydrogen (secondary N) is 2. The van der Waals surface area contributed by atoms with E-state index in [1.807, 2.05) is 24.3 Å². The summed E-state index contributed by atoms with van der Waals surface area (Å²) in [5.74, 6) is 0.751. The minimum atomic E-state index is -0.401. The lowest BCUT2D eigenvalue weighted by Gasteiger charge is -2.26. The number of amides is 1. The first-order chi connectivity index (χ1) is 12.3. The standard InChI is InChI=1S/C18H27N3O4/c22-18(17-14-19-4-8-25-17)20-13-15-2-1-3-16(12-15)24-11-7-21-5-9-23-10-6-21/h1-3,12,17,19H,4-11,13-14H2,(H,20,22). The summed E-state index contributed by atoms with van der Waals surface area (Å²) in [5.41, 5.74) is 1.01. The fourth-order valence-corrected chi connectivity index (χ4v) is 2.90. The van der Waals surface area contributed by atoms with Crippen LogP contribution in [0.25, 0.3) is 0 Å². The van der Waals surface area contributed by atoms with Gasteiger partial charge in [0.15, 0.2) is 0 Å². The zero-order valence-electron chi connectivity index (χ0n) is 14.5. The van der Waals surface area contributed by atoms with Gasteiger partial charge in [0.05, 0.1) is 19.8 Å². The van der Waals surface area contributed by atoms with E-state index in [-0.39, 0.29) is 5.91 Å². The Labute approximate surface area is 148 Å². The Bertz CT molecular complexity index is 543. The molecule has 0 saturated carbocycles. The van der Waals surface area contributed by atoms with Crippen molar-refractivity contribution in [1.29, 1.82) is 0 Å². The topological polar surface area (TPSA) is 72.1 Å². The molecule has 138 valence electrons. The van der Waals surface area contributed by atoms with E-state index < -0.39 is 6.10 Å². The average molecular weight is 349 g/mol. The summed E-state index contributed by atoms with van der Waals surface area (Å²) in [5, 5.41) is 6.08. The smallest absolute Gasteiger partial charge is 0.250 e. The summed E-state index contributed by atoms with van der Waals surface area (Å²) in [7, 11) is 0. The van der Waals surface area contributed by atoms with Crippen molar-refractivity contribution in [2.24, 2.45) is 0 Å². The van der Waals surface area contributed by atoms with E-state index in [1.165, 1.54) is 0 Å². The molecular weight excluding hydrogens is 322 g/mol. The number of morpholine rings is 2. The molecule has 0 bridgehead atoms. The molecule has 25 heavy (non-hydrogen) atoms. The predicted molar refractivity (Wildman–Crippen MR) is 93.7 cm³/mol. The lowest BCUT2D eigenvalue weighted by molar-refractivity contribution is -0.134. The van der Waals surface area contributed by atoms with Gasteiger partial charge in [-0.1, -0.05) is 12.1 Å². The van der Waals surface area contributed by atoms with Crippen molar-refractivity contribution >= 4 is 5.91 Å². The first-order valence-electron chi connectivity index (χ1n) is 8.93. The number of hydrogen-bond donors (Lipinski definition) is 2. The van der Waals surface area contributed by atoms with Crippen LogP contribution in [0.3, 0.4) is 0 Å². The number of carbonyl (C=O) groups excluding carboxylic acids is 1. The van der Waals surface area contributed by atoms with Gasteiger partial charge in [0, 0.05) is 39.3 Å². The SMILES string of the molecule is O=C(NCc1cccc(OCCN2CCOCC2)c1)C1CNCCO1. The lowest BCUT2D eigenvalue weighted by Crippen LogP contribution is -2.47. The third-order valence-corrected chi connectivity index (χ3v) is 4.37. The van der Waals surface area contributed by atoms with Crippen LogP contribution >= 0.6 is 0 Å². The number of carbonyl (C=O) groups is 1. The summed E-state index contributed by atoms with van der Waals surface area (Å²) in [6.45, 7) is 7.49. The number of rotatable bonds is 7. The van der Waals surface area contributed by atoms with Crippen molar-refractivity contribution in [1.82, 2.24) is 15.5 Å². The van der Waals surface area contributed by atoms with Gasteiger partial charge < -0.3 is 24.8 Å². The molecule has 2 aliphatic rings. The molecule has 0 aromatic heterocycles. The second-order valence-electron chi connectivity index (χ2n) is 6.23. The quantitative estimate of drug-likeness (QED) is 0.722. The molecule has 2 fully saturated rings. The van der Waals surface area contributed by atoms with Crippen LogP contribution in [-0.2, 0) is 20.8 Å². The van der Waals surface area contributed by atoms with Crippen molar-refractivity contribution in [2.45, 2.75) is 12.6 Å². The maximum atomic E-state index is 12.1. The van der Waals surface area contributed by atoms with E-state index in [4.69, 9.17) is 14.2 Å². The molecule has 0 spiro atoms. The second kappa shape index (κ2) is 9.72. The Morgan fingerprint density at radius 2 is 2.20 bits per heavy atom. The van der Waals surface area contributed by atoms with Crippen LogP contribution in [0.1, 0.15) is 5.56 Å². The van der Waals surface area contributed by atoms with Gasteiger partial charge in [-0.2, -0.15) is 0 Å². The molecule has 1 aromatic carbocycles. The van der Waals surface area contributed by atoms with Crippen molar-refractivity contribution in [3.05, 3.63) is 29.8 Å². The van der Waals surface area contributed by atoms with Crippen LogP contribution in [-0.4, -0.2) is 76.1 Å². The Hall–Kier alpha value is -1.67. The lowest BCUT2D eigenvalue weighted by atomic mass is 10.2. The molecule has 2 heterocycles. The molecule has 7 heteroatoms. The van der Waals surface area contributed by atoms with Crippen LogP contribution in [0.15, 0.2) is 24.3 Å². The van der Waals surface area contributed by atoms with Crippen molar-refractivity contribution < 1.29 is 19.0 Å². The predicted octanol–water partition coefficient (Wildman–Crippen LogP) is 0.00220. The summed E-state index contributed by atoms with van der Waals surface area (Å²) in [6, 6.07) is 7.84. The minimum absolute atomic E-state index is 0.0779. The van der Waals surface area contributed by atoms with Crippen LogP contribution in [0.5, 0.6) is 5.75 Å². The monoisotopic (exact) mass is 349 g/mol. The third kappa shape index (κ3) is 5.97. The Kier molecular flexibility index (Phi) is 7.05. The average Bonchev–Trinajstić information content (AvgIpc) is 2.68. The molecule has 1 amide bonds. The van der Waals surface area contributed by atoms with E-state index in [1.54, 1.807) is 0 Å². The van der Waals surface area contributed by atoms with Crippen LogP contribution in [0, 0.1) is 0 Å². The number of hydrogen-bond acceptors (Lipinski definition) is 6. The first-order valence-corrected chi connectivity index (χ1v) is 8.93. The molecular formula is C18H27N3O4. The zero-order chi connectivity index (χ0) is 17.3. The summed E-state index contributed by atoms with van der Waals surface area (Å²) in [6.07, 6.45) is -0.401. The van der Waals surface area contributed by atoms with E-state index in [0.29, 0.717) is 26.3 Å². The molecule has 2 saturated heterocycles. The molecule has 0 aliphatic carbocycles. The number of nitrogens with zero attached hydrogens (tertiary/aromatic N) is 1. The van der Waals surface area contributed by atoms with Gasteiger partial charge in [-0.05, 0) is 17.7 Å². The molecule has 7 nitrogen and oxygen atoms in total. The fourth-order valence-electron chi connectivity index (χ4n) is 2.90. The normalized spacial score (nSPS) is 21.7. The largest absolute Gasteiger partial charge is 0.492 e. The van der Waals surface area contributed by atoms with Gasteiger partial charge in [0.2, 0.25) is 0 Å². The van der Waals surface area contributed by atoms with Gasteiger partial charge in [-0.25, -0.2) is 0 Å². The molecule has 1 unspecified atom stereocenters. The molecule has 2 N–H and O–H groups in total. The highest BCUT2D eigenvalue weighted by atomic mass is 16.5. The Balaban J connectivity index is 1.40. The van der Waals surface area contributed by atoms with Gasteiger partial charge in [0.1, 0.15) is 18.5 Å². The van der Waals surface area contributed by atoms with Gasteiger partial charge in [-0.3, -0.25) is 9.69 Å². The van der Waals surface area contributed by atoms with Gasteiger partial charge >= 0.3 is 0 Å². The second-order valence-corrected chi connectivity index (χ2v) is 6.23. The molecule has 1 aromatic rings. The van der Waals surface area contributed by atoms with E-state index >= 15 is 0 Å². The first kappa shape index (κ1) is 18.1. The maximum absolute atomic E-state index is 12.1. The fraction of sp³-hybridized carbons (Fsp3) is 0.611. The van der Waals surface area contributed by atoms with Crippen molar-refractivity contribution in [3.63, 3.8) is 0 Å². The van der Waals surface area contributed by atoms with E-state index in [0.717, 1.165) is 50.7 Å². The van der Waals surface area contributed by atoms with Crippen LogP contribution in [0.2, 0.25) is 0 Å². The Morgan fingerprint density at radius 3 is 3.00 bits per heavy atom. The molecule has 1 atom stereocenters. The van der Waals surface area contributed by atoms with Crippen LogP contribution < -0.4 is 15.4 Å². The minimum Gasteiger partial charge on any atom is -0.492 e. The summed E-state index contributed by atoms with van der Waals surface area (Å²) >= 11 is 0. The van der Waals surface area contributed by atoms with Gasteiger partial charge in [0.25, 0.3) is 5.91 Å².